The first-order chi connectivity index (χ1) is 44.3. The minimum Gasteiger partial charge on any atom is -0.463 e. The van der Waals surface area contributed by atoms with Gasteiger partial charge in [0.15, 0.2) is 0 Å². The third kappa shape index (κ3) is 75.5. The van der Waals surface area contributed by atoms with Crippen LogP contribution in [0.3, 0.4) is 0 Å². The number of rotatable bonds is 80. The molecule has 1 aliphatic rings. The first-order valence-corrected chi connectivity index (χ1v) is 34.5. The van der Waals surface area contributed by atoms with Crippen LogP contribution in [0, 0.1) is 0 Å². The van der Waals surface area contributed by atoms with Gasteiger partial charge in [0.25, 0.3) is 0 Å². The van der Waals surface area contributed by atoms with E-state index in [-0.39, 0.29) is 12.6 Å². The van der Waals surface area contributed by atoms with Crippen molar-refractivity contribution in [2.24, 2.45) is 0 Å². The fraction of sp³-hybridized carbons (Fsp3) is 0.985. The van der Waals surface area contributed by atoms with Crippen molar-refractivity contribution in [3.8, 4) is 0 Å². The van der Waals surface area contributed by atoms with Gasteiger partial charge < -0.3 is 110 Å². The largest absolute Gasteiger partial charge is 0.463 e. The molecule has 0 saturated carbocycles. The monoisotopic (exact) mass is 1290 g/mol. The first kappa shape index (κ1) is 85.6. The Hall–Kier alpha value is -1.41. The molecule has 24 heteroatoms. The molecule has 24 nitrogen and oxygen atoms in total. The summed E-state index contributed by atoms with van der Waals surface area (Å²) in [4.78, 5) is 14.1. The van der Waals surface area contributed by atoms with Gasteiger partial charge in [-0.15, -0.1) is 0 Å². The summed E-state index contributed by atoms with van der Waals surface area (Å²) in [5.74, 6) is -0.187. The third-order valence-corrected chi connectivity index (χ3v) is 13.5. The van der Waals surface area contributed by atoms with E-state index in [4.69, 9.17) is 99.5 Å². The highest BCUT2D eigenvalue weighted by Crippen LogP contribution is 2.14. The van der Waals surface area contributed by atoms with E-state index >= 15 is 0 Å². The summed E-state index contributed by atoms with van der Waals surface area (Å²) in [6.45, 7) is 27.4. The molecular formula is C65H130N2O22. The molecule has 0 bridgehead atoms. The average Bonchev–Trinajstić information content (AvgIpc) is 3.56. The van der Waals surface area contributed by atoms with E-state index in [9.17, 15) is 4.79 Å². The maximum absolute atomic E-state index is 11.8. The van der Waals surface area contributed by atoms with E-state index < -0.39 is 0 Å². The quantitative estimate of drug-likeness (QED) is 0.0512. The number of nitrogens with zero attached hydrogens (tertiary/aromatic N) is 1. The van der Waals surface area contributed by atoms with Crippen LogP contribution >= 0.6 is 0 Å². The summed E-state index contributed by atoms with van der Waals surface area (Å²) in [5, 5.41) is 3.30. The molecular weight excluding hydrogens is 1160 g/mol. The Morgan fingerprint density at radius 3 is 0.640 bits per heavy atom. The topological polar surface area (TPSA) is 226 Å². The Labute approximate surface area is 538 Å². The molecule has 1 saturated heterocycles. The molecule has 0 atom stereocenters. The molecule has 532 valence electrons. The second kappa shape index (κ2) is 79.0. The summed E-state index contributed by atoms with van der Waals surface area (Å²) in [6.07, 6.45) is 22.5. The van der Waals surface area contributed by atoms with Crippen molar-refractivity contribution in [3.63, 3.8) is 0 Å². The SMILES string of the molecule is CCCCCCCCCCCCCCCCCCOCCOCCOCCOCCOCCOCCOCCOCCOCCOCCOCCOCCOCCOCCOCCOCCOCCOCCOCCOCCOC(=O)CCN1CCNCC1. The molecule has 1 N–H and O–H groups in total. The van der Waals surface area contributed by atoms with Gasteiger partial charge >= 0.3 is 5.97 Å². The molecule has 0 radical (unpaired) electrons. The van der Waals surface area contributed by atoms with Crippen molar-refractivity contribution in [1.82, 2.24) is 10.2 Å². The van der Waals surface area contributed by atoms with Gasteiger partial charge in [-0.2, -0.15) is 0 Å². The second-order valence-electron chi connectivity index (χ2n) is 21.1. The van der Waals surface area contributed by atoms with Crippen molar-refractivity contribution in [2.75, 3.05) is 304 Å². The van der Waals surface area contributed by atoms with E-state index in [1.54, 1.807) is 0 Å². The Morgan fingerprint density at radius 2 is 0.427 bits per heavy atom. The minimum absolute atomic E-state index is 0.187. The number of esters is 1. The summed E-state index contributed by atoms with van der Waals surface area (Å²) >= 11 is 0. The molecule has 1 heterocycles. The van der Waals surface area contributed by atoms with Crippen LogP contribution in [-0.4, -0.2) is 314 Å². The van der Waals surface area contributed by atoms with Crippen LogP contribution in [0.2, 0.25) is 0 Å². The van der Waals surface area contributed by atoms with Crippen LogP contribution in [0.5, 0.6) is 0 Å². The van der Waals surface area contributed by atoms with Crippen molar-refractivity contribution < 1.29 is 104 Å². The highest BCUT2D eigenvalue weighted by molar-refractivity contribution is 5.69. The van der Waals surface area contributed by atoms with Gasteiger partial charge in [0, 0.05) is 39.3 Å². The van der Waals surface area contributed by atoms with Crippen LogP contribution in [-0.2, 0) is 104 Å². The first-order valence-electron chi connectivity index (χ1n) is 34.5. The van der Waals surface area contributed by atoms with Gasteiger partial charge in [-0.25, -0.2) is 0 Å². The van der Waals surface area contributed by atoms with Gasteiger partial charge in [0.05, 0.1) is 264 Å². The van der Waals surface area contributed by atoms with Crippen molar-refractivity contribution >= 4 is 5.97 Å². The van der Waals surface area contributed by atoms with Gasteiger partial charge in [0.2, 0.25) is 0 Å². The summed E-state index contributed by atoms with van der Waals surface area (Å²) in [6, 6.07) is 0. The Bertz CT molecular complexity index is 1310. The lowest BCUT2D eigenvalue weighted by molar-refractivity contribution is -0.145. The average molecular weight is 1290 g/mol. The molecule has 0 spiro atoms. The third-order valence-electron chi connectivity index (χ3n) is 13.5. The Kier molecular flexibility index (Phi) is 76.0. The molecule has 0 aliphatic carbocycles. The van der Waals surface area contributed by atoms with Crippen LogP contribution in [0.25, 0.3) is 0 Å². The molecule has 89 heavy (non-hydrogen) atoms. The molecule has 1 rings (SSSR count). The molecule has 0 aromatic rings. The summed E-state index contributed by atoms with van der Waals surface area (Å²) in [7, 11) is 0. The van der Waals surface area contributed by atoms with Crippen LogP contribution in [0.4, 0.5) is 0 Å². The van der Waals surface area contributed by atoms with Crippen LogP contribution in [0.15, 0.2) is 0 Å². The molecule has 0 amide bonds. The van der Waals surface area contributed by atoms with Gasteiger partial charge in [-0.05, 0) is 6.42 Å². The number of carbonyl (C=O) groups is 1. The zero-order valence-corrected chi connectivity index (χ0v) is 56.0. The molecule has 0 unspecified atom stereocenters. The predicted molar refractivity (Wildman–Crippen MR) is 341 cm³/mol. The number of ether oxygens (including phenoxy) is 21. The van der Waals surface area contributed by atoms with E-state index in [1.807, 2.05) is 0 Å². The van der Waals surface area contributed by atoms with E-state index in [1.165, 1.54) is 96.3 Å². The standard InChI is InChI=1S/C65H130N2O22/c1-2-3-4-5-6-7-8-9-10-11-12-13-14-15-16-17-24-69-25-26-70-27-28-71-29-30-72-31-32-73-33-34-74-35-36-75-37-38-76-39-40-77-41-42-78-43-44-79-45-46-80-47-48-81-49-50-82-51-52-83-53-54-84-55-56-85-57-58-86-59-60-87-61-62-88-63-64-89-65(68)18-21-67-22-19-66-20-23-67/h66H,2-64H2,1H3. The molecule has 1 fully saturated rings. The maximum atomic E-state index is 11.8. The molecule has 1 aliphatic heterocycles. The zero-order chi connectivity index (χ0) is 63.3. The number of hydrogen-bond acceptors (Lipinski definition) is 24. The minimum atomic E-state index is -0.187. The highest BCUT2D eigenvalue weighted by Gasteiger charge is 2.12. The fourth-order valence-electron chi connectivity index (χ4n) is 8.50. The summed E-state index contributed by atoms with van der Waals surface area (Å²) < 4.78 is 116. The predicted octanol–water partition coefficient (Wildman–Crippen LogP) is 6.42. The lowest BCUT2D eigenvalue weighted by Crippen LogP contribution is -2.44. The summed E-state index contributed by atoms with van der Waals surface area (Å²) in [5.41, 5.74) is 0. The van der Waals surface area contributed by atoms with E-state index in [0.29, 0.717) is 264 Å². The van der Waals surface area contributed by atoms with Gasteiger partial charge in [0.1, 0.15) is 6.61 Å². The number of piperazine rings is 1. The zero-order valence-electron chi connectivity index (χ0n) is 56.0. The smallest absolute Gasteiger partial charge is 0.307 e. The second-order valence-corrected chi connectivity index (χ2v) is 21.1. The lowest BCUT2D eigenvalue weighted by Gasteiger charge is -2.26. The Balaban J connectivity index is 1.59. The number of nitrogens with one attached hydrogen (secondary N) is 1. The highest BCUT2D eigenvalue weighted by atomic mass is 16.6. The number of unbranched alkanes of at least 4 members (excludes halogenated alkanes) is 15. The number of hydrogen-bond donors (Lipinski definition) is 1. The van der Waals surface area contributed by atoms with Crippen molar-refractivity contribution in [1.29, 1.82) is 0 Å². The van der Waals surface area contributed by atoms with Crippen LogP contribution < -0.4 is 5.32 Å². The molecule has 0 aromatic heterocycles. The van der Waals surface area contributed by atoms with Crippen molar-refractivity contribution in [2.45, 2.75) is 116 Å². The lowest BCUT2D eigenvalue weighted by atomic mass is 10.0. The van der Waals surface area contributed by atoms with Crippen LogP contribution in [0.1, 0.15) is 116 Å². The number of carbonyl (C=O) groups excluding carboxylic acids is 1. The van der Waals surface area contributed by atoms with Crippen molar-refractivity contribution in [3.05, 3.63) is 0 Å². The normalized spacial score (nSPS) is 13.0. The maximum Gasteiger partial charge on any atom is 0.307 e. The molecule has 0 aromatic carbocycles. The van der Waals surface area contributed by atoms with E-state index in [2.05, 4.69) is 17.1 Å². The van der Waals surface area contributed by atoms with Gasteiger partial charge in [-0.3, -0.25) is 4.79 Å². The fourth-order valence-corrected chi connectivity index (χ4v) is 8.50. The van der Waals surface area contributed by atoms with Gasteiger partial charge in [-0.1, -0.05) is 103 Å². The van der Waals surface area contributed by atoms with E-state index in [0.717, 1.165) is 45.8 Å². The Morgan fingerprint density at radius 1 is 0.247 bits per heavy atom.